The number of nitrogens with two attached hydrogens (primary N) is 1. The maximum atomic E-state index is 12.3. The van der Waals surface area contributed by atoms with Crippen LogP contribution in [0.3, 0.4) is 0 Å². The highest BCUT2D eigenvalue weighted by atomic mass is 35.5. The van der Waals surface area contributed by atoms with Gasteiger partial charge in [0.2, 0.25) is 0 Å². The zero-order valence-electron chi connectivity index (χ0n) is 11.1. The van der Waals surface area contributed by atoms with Gasteiger partial charge in [0.25, 0.3) is 5.91 Å². The number of carbonyl (C=O) groups excluding carboxylic acids is 1. The van der Waals surface area contributed by atoms with E-state index in [1.54, 1.807) is 23.1 Å². The molecule has 1 amide bonds. The maximum absolute atomic E-state index is 12.3. The molecule has 0 radical (unpaired) electrons. The van der Waals surface area contributed by atoms with Gasteiger partial charge in [0, 0.05) is 19.3 Å². The van der Waals surface area contributed by atoms with Crippen LogP contribution in [0.4, 0.5) is 5.69 Å². The predicted molar refractivity (Wildman–Crippen MR) is 82.0 cm³/mol. The van der Waals surface area contributed by atoms with Crippen molar-refractivity contribution in [1.29, 1.82) is 0 Å². The average Bonchev–Trinajstić information content (AvgIpc) is 2.81. The van der Waals surface area contributed by atoms with Crippen molar-refractivity contribution in [2.75, 3.05) is 19.3 Å². The fourth-order valence-electron chi connectivity index (χ4n) is 2.57. The van der Waals surface area contributed by atoms with E-state index in [1.165, 1.54) is 25.7 Å². The number of amides is 1. The number of carbonyl (C=O) groups is 1. The van der Waals surface area contributed by atoms with Crippen molar-refractivity contribution in [3.8, 4) is 0 Å². The van der Waals surface area contributed by atoms with E-state index in [-0.39, 0.29) is 18.3 Å². The molecule has 106 valence electrons. The van der Waals surface area contributed by atoms with E-state index in [1.807, 2.05) is 7.05 Å². The van der Waals surface area contributed by atoms with Crippen LogP contribution in [-0.2, 0) is 0 Å². The molecular weight excluding hydrogens is 283 g/mol. The third-order valence-corrected chi connectivity index (χ3v) is 3.89. The number of rotatable bonds is 3. The number of hydrogen-bond acceptors (Lipinski definition) is 2. The van der Waals surface area contributed by atoms with Gasteiger partial charge in [-0.05, 0) is 37.0 Å². The molecule has 0 aliphatic heterocycles. The summed E-state index contributed by atoms with van der Waals surface area (Å²) in [4.78, 5) is 14.0. The van der Waals surface area contributed by atoms with E-state index >= 15 is 0 Å². The fraction of sp³-hybridized carbons (Fsp3) is 0.500. The van der Waals surface area contributed by atoms with Crippen molar-refractivity contribution >= 4 is 35.6 Å². The highest BCUT2D eigenvalue weighted by Crippen LogP contribution is 2.26. The summed E-state index contributed by atoms with van der Waals surface area (Å²) in [6.07, 6.45) is 5.03. The van der Waals surface area contributed by atoms with Gasteiger partial charge in [0.15, 0.2) is 0 Å². The lowest BCUT2D eigenvalue weighted by Crippen LogP contribution is -2.31. The van der Waals surface area contributed by atoms with Gasteiger partial charge in [0.1, 0.15) is 0 Å². The molecule has 1 saturated carbocycles. The number of nitrogens with zero attached hydrogens (tertiary/aromatic N) is 1. The highest BCUT2D eigenvalue weighted by Gasteiger charge is 2.21. The SMILES string of the molecule is CN(CC1CCCC1)C(=O)c1ccc(N)cc1Cl.Cl. The minimum atomic E-state index is -0.0214. The fourth-order valence-corrected chi connectivity index (χ4v) is 2.84. The molecule has 19 heavy (non-hydrogen) atoms. The van der Waals surface area contributed by atoms with Crippen molar-refractivity contribution in [3.05, 3.63) is 28.8 Å². The Labute approximate surface area is 125 Å². The first kappa shape index (κ1) is 16.1. The standard InChI is InChI=1S/C14H19ClN2O.ClH/c1-17(9-10-4-2-3-5-10)14(18)12-7-6-11(16)8-13(12)15;/h6-8,10H,2-5,9,16H2,1H3;1H. The Morgan fingerprint density at radius 2 is 2.05 bits per heavy atom. The van der Waals surface area contributed by atoms with Crippen LogP contribution < -0.4 is 5.73 Å². The van der Waals surface area contributed by atoms with E-state index in [0.717, 1.165) is 6.54 Å². The summed E-state index contributed by atoms with van der Waals surface area (Å²) in [7, 11) is 1.84. The van der Waals surface area contributed by atoms with E-state index < -0.39 is 0 Å². The number of hydrogen-bond donors (Lipinski definition) is 1. The molecule has 2 rings (SSSR count). The molecule has 1 aliphatic rings. The molecule has 0 atom stereocenters. The Balaban J connectivity index is 0.00000180. The second kappa shape index (κ2) is 7.01. The molecule has 0 spiro atoms. The molecule has 2 N–H and O–H groups in total. The molecule has 0 unspecified atom stereocenters. The summed E-state index contributed by atoms with van der Waals surface area (Å²) < 4.78 is 0. The maximum Gasteiger partial charge on any atom is 0.255 e. The lowest BCUT2D eigenvalue weighted by Gasteiger charge is -2.21. The number of benzene rings is 1. The van der Waals surface area contributed by atoms with Crippen molar-refractivity contribution in [1.82, 2.24) is 4.90 Å². The van der Waals surface area contributed by atoms with Gasteiger partial charge in [-0.2, -0.15) is 0 Å². The Hall–Kier alpha value is -0.930. The summed E-state index contributed by atoms with van der Waals surface area (Å²) in [6, 6.07) is 5.03. The van der Waals surface area contributed by atoms with E-state index in [4.69, 9.17) is 17.3 Å². The molecule has 1 aliphatic carbocycles. The van der Waals surface area contributed by atoms with Crippen LogP contribution in [0, 0.1) is 5.92 Å². The van der Waals surface area contributed by atoms with Crippen LogP contribution in [0.1, 0.15) is 36.0 Å². The van der Waals surface area contributed by atoms with Gasteiger partial charge in [-0.25, -0.2) is 0 Å². The third-order valence-electron chi connectivity index (χ3n) is 3.58. The molecule has 0 bridgehead atoms. The van der Waals surface area contributed by atoms with E-state index in [2.05, 4.69) is 0 Å². The molecule has 1 fully saturated rings. The first-order valence-electron chi connectivity index (χ1n) is 6.38. The second-order valence-corrected chi connectivity index (χ2v) is 5.48. The Bertz CT molecular complexity index is 445. The summed E-state index contributed by atoms with van der Waals surface area (Å²) in [5, 5.41) is 0.429. The van der Waals surface area contributed by atoms with Crippen LogP contribution in [-0.4, -0.2) is 24.4 Å². The molecule has 0 aromatic heterocycles. The first-order chi connectivity index (χ1) is 8.58. The summed E-state index contributed by atoms with van der Waals surface area (Å²) in [5.74, 6) is 0.624. The van der Waals surface area contributed by atoms with Crippen molar-refractivity contribution in [2.45, 2.75) is 25.7 Å². The Kier molecular flexibility index (Phi) is 5.95. The lowest BCUT2D eigenvalue weighted by atomic mass is 10.1. The Morgan fingerprint density at radius 3 is 2.63 bits per heavy atom. The van der Waals surface area contributed by atoms with Crippen molar-refractivity contribution < 1.29 is 4.79 Å². The van der Waals surface area contributed by atoms with Crippen LogP contribution >= 0.6 is 24.0 Å². The number of halogens is 2. The largest absolute Gasteiger partial charge is 0.399 e. The van der Waals surface area contributed by atoms with E-state index in [0.29, 0.717) is 22.2 Å². The first-order valence-corrected chi connectivity index (χ1v) is 6.76. The summed E-state index contributed by atoms with van der Waals surface area (Å²) >= 11 is 6.06. The number of anilines is 1. The molecule has 1 aromatic rings. The zero-order chi connectivity index (χ0) is 13.1. The topological polar surface area (TPSA) is 46.3 Å². The average molecular weight is 303 g/mol. The minimum absolute atomic E-state index is 0. The van der Waals surface area contributed by atoms with Gasteiger partial charge in [-0.3, -0.25) is 4.79 Å². The summed E-state index contributed by atoms with van der Waals surface area (Å²) in [5.41, 5.74) is 6.74. The smallest absolute Gasteiger partial charge is 0.255 e. The van der Waals surface area contributed by atoms with Crippen LogP contribution in [0.5, 0.6) is 0 Å². The van der Waals surface area contributed by atoms with Gasteiger partial charge in [0.05, 0.1) is 10.6 Å². The van der Waals surface area contributed by atoms with Gasteiger partial charge in [-0.1, -0.05) is 24.4 Å². The molecule has 1 aromatic carbocycles. The molecular formula is C14H20Cl2N2O. The number of nitrogen functional groups attached to an aromatic ring is 1. The lowest BCUT2D eigenvalue weighted by molar-refractivity contribution is 0.0773. The third kappa shape index (κ3) is 4.02. The van der Waals surface area contributed by atoms with Gasteiger partial charge < -0.3 is 10.6 Å². The van der Waals surface area contributed by atoms with Crippen LogP contribution in [0.2, 0.25) is 5.02 Å². The quantitative estimate of drug-likeness (QED) is 0.867. The highest BCUT2D eigenvalue weighted by molar-refractivity contribution is 6.34. The van der Waals surface area contributed by atoms with Gasteiger partial charge in [-0.15, -0.1) is 12.4 Å². The van der Waals surface area contributed by atoms with E-state index in [9.17, 15) is 4.79 Å². The van der Waals surface area contributed by atoms with Crippen molar-refractivity contribution in [2.24, 2.45) is 5.92 Å². The van der Waals surface area contributed by atoms with Gasteiger partial charge >= 0.3 is 0 Å². The second-order valence-electron chi connectivity index (χ2n) is 5.08. The predicted octanol–water partition coefficient (Wildman–Crippen LogP) is 3.61. The molecule has 0 saturated heterocycles. The Morgan fingerprint density at radius 1 is 1.42 bits per heavy atom. The summed E-state index contributed by atoms with van der Waals surface area (Å²) in [6.45, 7) is 0.819. The zero-order valence-corrected chi connectivity index (χ0v) is 12.6. The van der Waals surface area contributed by atoms with Crippen LogP contribution in [0.15, 0.2) is 18.2 Å². The molecule has 3 nitrogen and oxygen atoms in total. The molecule has 0 heterocycles. The minimum Gasteiger partial charge on any atom is -0.399 e. The normalized spacial score (nSPS) is 15.1. The monoisotopic (exact) mass is 302 g/mol. The van der Waals surface area contributed by atoms with Crippen LogP contribution in [0.25, 0.3) is 0 Å². The molecule has 5 heteroatoms. The van der Waals surface area contributed by atoms with Crippen molar-refractivity contribution in [3.63, 3.8) is 0 Å².